The zero-order valence-corrected chi connectivity index (χ0v) is 12.3. The van der Waals surface area contributed by atoms with Crippen LogP contribution in [0.5, 0.6) is 0 Å². The molecule has 0 radical (unpaired) electrons. The zero-order valence-electron chi connectivity index (χ0n) is 9.10. The fraction of sp³-hybridized carbons (Fsp3) is 0.400. The minimum absolute atomic E-state index is 0.322. The molecular weight excluding hydrogens is 326 g/mol. The molecule has 1 aromatic heterocycles. The molecule has 0 bridgehead atoms. The molecule has 1 heterocycles. The van der Waals surface area contributed by atoms with Gasteiger partial charge in [0.05, 0.1) is 0 Å². The second-order valence-corrected chi connectivity index (χ2v) is 6.28. The van der Waals surface area contributed by atoms with Gasteiger partial charge in [0.2, 0.25) is 5.91 Å². The molecule has 0 aliphatic rings. The molecule has 0 aliphatic carbocycles. The molecular formula is C10H12BrNO3S2. The molecule has 2 N–H and O–H groups in total. The number of carboxylic acids is 1. The number of hydrogen-bond donors (Lipinski definition) is 2. The van der Waals surface area contributed by atoms with Crippen LogP contribution in [0.2, 0.25) is 0 Å². The molecule has 1 rings (SSSR count). The van der Waals surface area contributed by atoms with Crippen molar-refractivity contribution in [2.75, 3.05) is 5.75 Å². The van der Waals surface area contributed by atoms with Gasteiger partial charge in [0.1, 0.15) is 6.04 Å². The Hall–Kier alpha value is -0.530. The number of carboxylic acid groups (broad SMARTS) is 1. The van der Waals surface area contributed by atoms with Crippen molar-refractivity contribution in [3.63, 3.8) is 0 Å². The third-order valence-electron chi connectivity index (χ3n) is 1.83. The van der Waals surface area contributed by atoms with Crippen molar-refractivity contribution >= 4 is 50.9 Å². The summed E-state index contributed by atoms with van der Waals surface area (Å²) in [6.07, 6.45) is 0. The number of halogens is 1. The van der Waals surface area contributed by atoms with Crippen LogP contribution >= 0.6 is 39.0 Å². The number of hydrogen-bond acceptors (Lipinski definition) is 4. The molecule has 17 heavy (non-hydrogen) atoms. The third-order valence-corrected chi connectivity index (χ3v) is 4.79. The quantitative estimate of drug-likeness (QED) is 0.836. The van der Waals surface area contributed by atoms with E-state index in [1.54, 1.807) is 11.3 Å². The highest BCUT2D eigenvalue weighted by Crippen LogP contribution is 2.24. The van der Waals surface area contributed by atoms with Gasteiger partial charge in [-0.15, -0.1) is 11.3 Å². The standard InChI is InChI=1S/C10H12BrNO3S2/c1-6(13)12-9(10(14)15)5-16-4-8-2-7(11)3-17-8/h2-3,9H,4-5H2,1H3,(H,12,13)(H,14,15)/t9-/m0/s1. The van der Waals surface area contributed by atoms with Crippen molar-refractivity contribution in [2.45, 2.75) is 18.7 Å². The monoisotopic (exact) mass is 337 g/mol. The Kier molecular flexibility index (Phi) is 6.01. The Morgan fingerprint density at radius 1 is 1.65 bits per heavy atom. The molecule has 4 nitrogen and oxygen atoms in total. The Morgan fingerprint density at radius 2 is 2.35 bits per heavy atom. The van der Waals surface area contributed by atoms with E-state index in [1.807, 2.05) is 11.4 Å². The molecule has 0 saturated carbocycles. The van der Waals surface area contributed by atoms with Gasteiger partial charge in [0.15, 0.2) is 0 Å². The summed E-state index contributed by atoms with van der Waals surface area (Å²) in [5.41, 5.74) is 0. The number of thioether (sulfide) groups is 1. The number of carbonyl (C=O) groups excluding carboxylic acids is 1. The van der Waals surface area contributed by atoms with Crippen LogP contribution in [0.3, 0.4) is 0 Å². The van der Waals surface area contributed by atoms with E-state index in [-0.39, 0.29) is 5.91 Å². The van der Waals surface area contributed by atoms with E-state index in [1.165, 1.54) is 23.6 Å². The van der Waals surface area contributed by atoms with E-state index in [2.05, 4.69) is 21.2 Å². The SMILES string of the molecule is CC(=O)N[C@@H](CSCc1cc(Br)cs1)C(=O)O. The van der Waals surface area contributed by atoms with Crippen LogP contribution in [0, 0.1) is 0 Å². The van der Waals surface area contributed by atoms with Gasteiger partial charge < -0.3 is 10.4 Å². The smallest absolute Gasteiger partial charge is 0.327 e. The van der Waals surface area contributed by atoms with Crippen molar-refractivity contribution in [1.29, 1.82) is 0 Å². The molecule has 1 amide bonds. The Balaban J connectivity index is 2.37. The molecule has 7 heteroatoms. The summed E-state index contributed by atoms with van der Waals surface area (Å²) in [5.74, 6) is -0.207. The van der Waals surface area contributed by atoms with Crippen molar-refractivity contribution in [1.82, 2.24) is 5.32 Å². The van der Waals surface area contributed by atoms with Gasteiger partial charge in [-0.25, -0.2) is 4.79 Å². The van der Waals surface area contributed by atoms with E-state index < -0.39 is 12.0 Å². The van der Waals surface area contributed by atoms with Crippen molar-refractivity contribution in [2.24, 2.45) is 0 Å². The number of thiophene rings is 1. The van der Waals surface area contributed by atoms with Crippen molar-refractivity contribution < 1.29 is 14.7 Å². The first-order chi connectivity index (χ1) is 7.99. The summed E-state index contributed by atoms with van der Waals surface area (Å²) in [5, 5.41) is 13.3. The first-order valence-corrected chi connectivity index (χ1v) is 7.62. The van der Waals surface area contributed by atoms with Crippen LogP contribution in [-0.2, 0) is 15.3 Å². The normalized spacial score (nSPS) is 12.1. The lowest BCUT2D eigenvalue weighted by atomic mass is 10.3. The van der Waals surface area contributed by atoms with Crippen LogP contribution in [0.1, 0.15) is 11.8 Å². The summed E-state index contributed by atoms with van der Waals surface area (Å²) >= 11 is 6.47. The number of carbonyl (C=O) groups is 2. The van der Waals surface area contributed by atoms with Crippen LogP contribution in [-0.4, -0.2) is 28.8 Å². The van der Waals surface area contributed by atoms with Crippen LogP contribution < -0.4 is 5.32 Å². The summed E-state index contributed by atoms with van der Waals surface area (Å²) in [4.78, 5) is 22.8. The van der Waals surface area contributed by atoms with Crippen molar-refractivity contribution in [3.8, 4) is 0 Å². The van der Waals surface area contributed by atoms with E-state index in [0.717, 1.165) is 10.2 Å². The fourth-order valence-corrected chi connectivity index (χ4v) is 3.75. The first kappa shape index (κ1) is 14.5. The Bertz CT molecular complexity index is 408. The van der Waals surface area contributed by atoms with Gasteiger partial charge in [-0.1, -0.05) is 0 Å². The summed E-state index contributed by atoms with van der Waals surface area (Å²) in [6.45, 7) is 1.32. The maximum absolute atomic E-state index is 10.8. The van der Waals surface area contributed by atoms with Crippen LogP contribution in [0.4, 0.5) is 0 Å². The number of amides is 1. The number of aliphatic carboxylic acids is 1. The highest BCUT2D eigenvalue weighted by atomic mass is 79.9. The lowest BCUT2D eigenvalue weighted by molar-refractivity contribution is -0.140. The van der Waals surface area contributed by atoms with E-state index in [4.69, 9.17) is 5.11 Å². The number of nitrogens with one attached hydrogen (secondary N) is 1. The van der Waals surface area contributed by atoms with Gasteiger partial charge in [0.25, 0.3) is 0 Å². The minimum atomic E-state index is -1.000. The second kappa shape index (κ2) is 7.03. The summed E-state index contributed by atoms with van der Waals surface area (Å²) < 4.78 is 1.04. The van der Waals surface area contributed by atoms with Gasteiger partial charge in [-0.3, -0.25) is 4.79 Å². The average Bonchev–Trinajstić information content (AvgIpc) is 2.62. The summed E-state index contributed by atoms with van der Waals surface area (Å²) in [7, 11) is 0. The zero-order chi connectivity index (χ0) is 12.8. The molecule has 0 saturated heterocycles. The molecule has 1 aromatic rings. The largest absolute Gasteiger partial charge is 0.480 e. The molecule has 94 valence electrons. The average molecular weight is 338 g/mol. The van der Waals surface area contributed by atoms with Gasteiger partial charge in [-0.2, -0.15) is 11.8 Å². The predicted octanol–water partition coefficient (Wildman–Crippen LogP) is 2.33. The summed E-state index contributed by atoms with van der Waals surface area (Å²) in [6, 6.07) is 1.19. The Labute approximate surface area is 116 Å². The second-order valence-electron chi connectivity index (χ2n) is 3.34. The predicted molar refractivity (Wildman–Crippen MR) is 73.4 cm³/mol. The molecule has 1 atom stereocenters. The number of rotatable bonds is 6. The van der Waals surface area contributed by atoms with E-state index in [9.17, 15) is 9.59 Å². The van der Waals surface area contributed by atoms with Crippen LogP contribution in [0.25, 0.3) is 0 Å². The van der Waals surface area contributed by atoms with Gasteiger partial charge in [-0.05, 0) is 22.0 Å². The maximum atomic E-state index is 10.8. The van der Waals surface area contributed by atoms with E-state index in [0.29, 0.717) is 5.75 Å². The van der Waals surface area contributed by atoms with Crippen molar-refractivity contribution in [3.05, 3.63) is 20.8 Å². The molecule has 0 fully saturated rings. The molecule has 0 aliphatic heterocycles. The molecule has 0 unspecified atom stereocenters. The Morgan fingerprint density at radius 3 is 2.82 bits per heavy atom. The molecule has 0 spiro atoms. The first-order valence-electron chi connectivity index (χ1n) is 4.79. The van der Waals surface area contributed by atoms with Gasteiger partial charge >= 0.3 is 5.97 Å². The maximum Gasteiger partial charge on any atom is 0.327 e. The third kappa shape index (κ3) is 5.56. The van der Waals surface area contributed by atoms with Crippen LogP contribution in [0.15, 0.2) is 15.9 Å². The fourth-order valence-electron chi connectivity index (χ4n) is 1.13. The lowest BCUT2D eigenvalue weighted by Gasteiger charge is -2.12. The minimum Gasteiger partial charge on any atom is -0.480 e. The van der Waals surface area contributed by atoms with Gasteiger partial charge in [0, 0.05) is 33.2 Å². The highest BCUT2D eigenvalue weighted by molar-refractivity contribution is 9.10. The molecule has 0 aromatic carbocycles. The highest BCUT2D eigenvalue weighted by Gasteiger charge is 2.18. The topological polar surface area (TPSA) is 66.4 Å². The van der Waals surface area contributed by atoms with E-state index >= 15 is 0 Å². The lowest BCUT2D eigenvalue weighted by Crippen LogP contribution is -2.41.